The molecule has 3 amide bonds. The van der Waals surface area contributed by atoms with Crippen LogP contribution in [-0.2, 0) is 20.9 Å². The summed E-state index contributed by atoms with van der Waals surface area (Å²) in [7, 11) is 0. The van der Waals surface area contributed by atoms with Crippen molar-refractivity contribution in [2.24, 2.45) is 0 Å². The fraction of sp³-hybridized carbons (Fsp3) is 0.286. The minimum absolute atomic E-state index is 0.105. The normalized spacial score (nSPS) is 14.0. The maximum atomic E-state index is 12.9. The molecule has 0 spiro atoms. The number of nitrogens with zero attached hydrogens (tertiary/aromatic N) is 2. The van der Waals surface area contributed by atoms with Crippen LogP contribution in [0.15, 0.2) is 54.6 Å². The maximum absolute atomic E-state index is 12.9. The van der Waals surface area contributed by atoms with E-state index in [0.717, 1.165) is 16.8 Å². The summed E-state index contributed by atoms with van der Waals surface area (Å²) in [6.45, 7) is 2.58. The molecule has 0 bridgehead atoms. The zero-order valence-electron chi connectivity index (χ0n) is 14.9. The predicted octanol–water partition coefficient (Wildman–Crippen LogP) is 3.07. The van der Waals surface area contributed by atoms with Crippen LogP contribution in [0.3, 0.4) is 0 Å². The smallest absolute Gasteiger partial charge is 0.229 e. The Morgan fingerprint density at radius 2 is 1.69 bits per heavy atom. The lowest BCUT2D eigenvalue weighted by atomic mass is 10.1. The number of likely N-dealkylation sites (tertiary alicyclic amines) is 1. The Morgan fingerprint density at radius 3 is 2.35 bits per heavy atom. The quantitative estimate of drug-likeness (QED) is 0.753. The Hall–Kier alpha value is -2.95. The van der Waals surface area contributed by atoms with E-state index in [1.165, 1.54) is 4.90 Å². The first-order chi connectivity index (χ1) is 12.5. The van der Waals surface area contributed by atoms with Crippen LogP contribution >= 0.6 is 0 Å². The number of amides is 3. The number of anilines is 1. The van der Waals surface area contributed by atoms with Gasteiger partial charge in [0.15, 0.2) is 0 Å². The van der Waals surface area contributed by atoms with E-state index in [-0.39, 0.29) is 43.5 Å². The summed E-state index contributed by atoms with van der Waals surface area (Å²) in [5.74, 6) is -0.479. The molecule has 0 aromatic heterocycles. The summed E-state index contributed by atoms with van der Waals surface area (Å²) in [4.78, 5) is 39.3. The molecule has 1 aliphatic rings. The van der Waals surface area contributed by atoms with Crippen LogP contribution < -0.4 is 4.90 Å². The summed E-state index contributed by atoms with van der Waals surface area (Å²) in [5, 5.41) is 0. The van der Waals surface area contributed by atoms with E-state index < -0.39 is 0 Å². The van der Waals surface area contributed by atoms with E-state index in [2.05, 4.69) is 0 Å². The summed E-state index contributed by atoms with van der Waals surface area (Å²) in [6, 6.07) is 17.5. The highest BCUT2D eigenvalue weighted by molar-refractivity contribution is 6.02. The number of carbonyl (C=O) groups excluding carboxylic acids is 3. The molecule has 0 saturated carbocycles. The highest BCUT2D eigenvalue weighted by atomic mass is 16.2. The molecule has 26 heavy (non-hydrogen) atoms. The molecule has 5 heteroatoms. The molecule has 0 atom stereocenters. The third kappa shape index (κ3) is 4.17. The van der Waals surface area contributed by atoms with Crippen molar-refractivity contribution in [3.05, 3.63) is 65.7 Å². The van der Waals surface area contributed by atoms with Crippen molar-refractivity contribution in [3.63, 3.8) is 0 Å². The lowest BCUT2D eigenvalue weighted by Gasteiger charge is -2.24. The van der Waals surface area contributed by atoms with Crippen LogP contribution in [0, 0.1) is 6.92 Å². The molecule has 134 valence electrons. The van der Waals surface area contributed by atoms with E-state index in [9.17, 15) is 14.4 Å². The lowest BCUT2D eigenvalue weighted by Crippen LogP contribution is -2.36. The van der Waals surface area contributed by atoms with E-state index in [4.69, 9.17) is 0 Å². The first kappa shape index (κ1) is 17.9. The van der Waals surface area contributed by atoms with Crippen LogP contribution in [0.4, 0.5) is 5.69 Å². The van der Waals surface area contributed by atoms with Gasteiger partial charge in [-0.05, 0) is 30.2 Å². The van der Waals surface area contributed by atoms with Crippen molar-refractivity contribution in [2.75, 3.05) is 11.4 Å². The van der Waals surface area contributed by atoms with E-state index >= 15 is 0 Å². The van der Waals surface area contributed by atoms with Crippen molar-refractivity contribution in [1.29, 1.82) is 0 Å². The SMILES string of the molecule is Cc1cccc(N(Cc2ccccc2)C(=O)CCN2C(=O)CCC2=O)c1. The van der Waals surface area contributed by atoms with Gasteiger partial charge in [0.05, 0.1) is 6.54 Å². The van der Waals surface area contributed by atoms with Gasteiger partial charge in [0, 0.05) is 31.5 Å². The first-order valence-corrected chi connectivity index (χ1v) is 8.79. The molecule has 2 aromatic rings. The average Bonchev–Trinajstić information content (AvgIpc) is 2.96. The Bertz CT molecular complexity index is 801. The average molecular weight is 350 g/mol. The van der Waals surface area contributed by atoms with Gasteiger partial charge in [-0.2, -0.15) is 0 Å². The van der Waals surface area contributed by atoms with Crippen LogP contribution in [0.25, 0.3) is 0 Å². The fourth-order valence-electron chi connectivity index (χ4n) is 3.10. The number of imide groups is 1. The Labute approximate surface area is 153 Å². The van der Waals surface area contributed by atoms with Crippen molar-refractivity contribution in [2.45, 2.75) is 32.7 Å². The van der Waals surface area contributed by atoms with Gasteiger partial charge in [-0.3, -0.25) is 19.3 Å². The number of benzene rings is 2. The van der Waals surface area contributed by atoms with Crippen molar-refractivity contribution >= 4 is 23.4 Å². The van der Waals surface area contributed by atoms with Gasteiger partial charge in [0.2, 0.25) is 17.7 Å². The molecule has 1 heterocycles. The molecule has 1 fully saturated rings. The molecule has 1 saturated heterocycles. The molecule has 2 aromatic carbocycles. The fourth-order valence-corrected chi connectivity index (χ4v) is 3.10. The van der Waals surface area contributed by atoms with Gasteiger partial charge >= 0.3 is 0 Å². The number of hydrogen-bond donors (Lipinski definition) is 0. The number of rotatable bonds is 6. The molecule has 0 N–H and O–H groups in total. The monoisotopic (exact) mass is 350 g/mol. The van der Waals surface area contributed by atoms with E-state index in [1.54, 1.807) is 4.90 Å². The topological polar surface area (TPSA) is 57.7 Å². The Morgan fingerprint density at radius 1 is 1.00 bits per heavy atom. The van der Waals surface area contributed by atoms with Gasteiger partial charge in [-0.25, -0.2) is 0 Å². The van der Waals surface area contributed by atoms with Crippen LogP contribution in [0.1, 0.15) is 30.4 Å². The largest absolute Gasteiger partial charge is 0.308 e. The van der Waals surface area contributed by atoms with Gasteiger partial charge in [-0.15, -0.1) is 0 Å². The summed E-state index contributed by atoms with van der Waals surface area (Å²) < 4.78 is 0. The second kappa shape index (κ2) is 7.95. The lowest BCUT2D eigenvalue weighted by molar-refractivity contribution is -0.138. The zero-order valence-corrected chi connectivity index (χ0v) is 14.9. The van der Waals surface area contributed by atoms with E-state index in [1.807, 2.05) is 61.5 Å². The van der Waals surface area contributed by atoms with Crippen LogP contribution in [0.5, 0.6) is 0 Å². The Kier molecular flexibility index (Phi) is 5.46. The molecular formula is C21H22N2O3. The molecule has 5 nitrogen and oxygen atoms in total. The molecule has 0 radical (unpaired) electrons. The van der Waals surface area contributed by atoms with Crippen LogP contribution in [0.2, 0.25) is 0 Å². The van der Waals surface area contributed by atoms with Gasteiger partial charge in [-0.1, -0.05) is 42.5 Å². The van der Waals surface area contributed by atoms with Crippen molar-refractivity contribution in [1.82, 2.24) is 4.90 Å². The molecule has 0 unspecified atom stereocenters. The minimum atomic E-state index is -0.187. The third-order valence-corrected chi connectivity index (χ3v) is 4.50. The predicted molar refractivity (Wildman–Crippen MR) is 99.4 cm³/mol. The van der Waals surface area contributed by atoms with Crippen LogP contribution in [-0.4, -0.2) is 29.2 Å². The van der Waals surface area contributed by atoms with Crippen molar-refractivity contribution in [3.8, 4) is 0 Å². The number of carbonyl (C=O) groups is 3. The highest BCUT2D eigenvalue weighted by Crippen LogP contribution is 2.21. The first-order valence-electron chi connectivity index (χ1n) is 8.79. The highest BCUT2D eigenvalue weighted by Gasteiger charge is 2.29. The maximum Gasteiger partial charge on any atom is 0.229 e. The second-order valence-corrected chi connectivity index (χ2v) is 6.49. The molecular weight excluding hydrogens is 328 g/mol. The third-order valence-electron chi connectivity index (χ3n) is 4.50. The standard InChI is InChI=1S/C21H22N2O3/c1-16-6-5-9-18(14-16)23(15-17-7-3-2-4-8-17)21(26)12-13-22-19(24)10-11-20(22)25/h2-9,14H,10-13,15H2,1H3. The zero-order chi connectivity index (χ0) is 18.5. The molecule has 0 aliphatic carbocycles. The Balaban J connectivity index is 1.77. The second-order valence-electron chi connectivity index (χ2n) is 6.49. The minimum Gasteiger partial charge on any atom is -0.308 e. The van der Waals surface area contributed by atoms with E-state index in [0.29, 0.717) is 6.54 Å². The molecule has 3 rings (SSSR count). The molecule has 1 aliphatic heterocycles. The van der Waals surface area contributed by atoms with Gasteiger partial charge < -0.3 is 4.90 Å². The summed E-state index contributed by atoms with van der Waals surface area (Å²) in [5.41, 5.74) is 2.91. The van der Waals surface area contributed by atoms with Gasteiger partial charge in [0.1, 0.15) is 0 Å². The summed E-state index contributed by atoms with van der Waals surface area (Å²) in [6.07, 6.45) is 0.621. The summed E-state index contributed by atoms with van der Waals surface area (Å²) >= 11 is 0. The number of hydrogen-bond acceptors (Lipinski definition) is 3. The van der Waals surface area contributed by atoms with Crippen molar-refractivity contribution < 1.29 is 14.4 Å². The van der Waals surface area contributed by atoms with Gasteiger partial charge in [0.25, 0.3) is 0 Å². The number of aryl methyl sites for hydroxylation is 1.